The maximum atomic E-state index is 13.9. The summed E-state index contributed by atoms with van der Waals surface area (Å²) in [5.41, 5.74) is 13.9. The zero-order chi connectivity index (χ0) is 38.2. The first-order valence-electron chi connectivity index (χ1n) is 17.2. The smallest absolute Gasteiger partial charge is 0.326 e. The van der Waals surface area contributed by atoms with E-state index < -0.39 is 65.7 Å². The third-order valence-electron chi connectivity index (χ3n) is 8.44. The first-order valence-corrected chi connectivity index (χ1v) is 17.6. The Labute approximate surface area is 308 Å². The van der Waals surface area contributed by atoms with E-state index in [9.17, 15) is 34.2 Å². The van der Waals surface area contributed by atoms with E-state index in [1.165, 1.54) is 12.1 Å². The molecule has 0 aliphatic heterocycles. The lowest BCUT2D eigenvalue weighted by Gasteiger charge is -2.28. The Morgan fingerprint density at radius 2 is 1.15 bits per heavy atom. The molecule has 13 nitrogen and oxygen atoms in total. The summed E-state index contributed by atoms with van der Waals surface area (Å²) in [6, 6.07) is 16.2. The van der Waals surface area contributed by atoms with Gasteiger partial charge in [-0.05, 0) is 79.1 Å². The highest BCUT2D eigenvalue weighted by Crippen LogP contribution is 2.15. The number of nitrogens with two attached hydrogens (primary N) is 2. The Hall–Kier alpha value is -4.98. The van der Waals surface area contributed by atoms with Gasteiger partial charge in [-0.15, -0.1) is 0 Å². The zero-order valence-corrected chi connectivity index (χ0v) is 30.1. The molecule has 0 aromatic heterocycles. The summed E-state index contributed by atoms with van der Waals surface area (Å²) in [4.78, 5) is 66.5. The number of nitrogens with one attached hydrogen (secondary N) is 4. The average molecular weight is 737 g/mol. The van der Waals surface area contributed by atoms with Gasteiger partial charge in [-0.1, -0.05) is 80.0 Å². The summed E-state index contributed by atoms with van der Waals surface area (Å²) in [5, 5.41) is 30.7. The minimum absolute atomic E-state index is 0.00323. The topological polar surface area (TPSA) is 226 Å². The minimum Gasteiger partial charge on any atom is -0.508 e. The summed E-state index contributed by atoms with van der Waals surface area (Å²) in [5.74, 6) is -4.36. The molecular weight excluding hydrogens is 688 g/mol. The summed E-state index contributed by atoms with van der Waals surface area (Å²) < 4.78 is 0. The molecule has 0 bridgehead atoms. The fraction of sp³-hybridized carbons (Fsp3) is 0.395. The molecule has 0 saturated carbocycles. The Bertz CT molecular complexity index is 1620. The molecule has 0 heterocycles. The quantitative estimate of drug-likeness (QED) is 0.0795. The highest BCUT2D eigenvalue weighted by Gasteiger charge is 2.33. The molecule has 3 aromatic carbocycles. The first-order chi connectivity index (χ1) is 24.8. The molecule has 52 heavy (non-hydrogen) atoms. The highest BCUT2D eigenvalue weighted by atomic mass is 35.5. The minimum atomic E-state index is -1.24. The van der Waals surface area contributed by atoms with Crippen molar-refractivity contribution in [1.82, 2.24) is 21.3 Å². The van der Waals surface area contributed by atoms with E-state index in [1.54, 1.807) is 50.2 Å². The normalized spacial score (nSPS) is 14.0. The van der Waals surface area contributed by atoms with Crippen LogP contribution in [0.4, 0.5) is 0 Å². The SMILES string of the molecule is CC(C)[C@H](NC(=O)[C@H](Cc1ccc(Cl)cc1)NC(=O)[C@@H](N)Cc1ccccc1)C(=O)N[C@@H](Cc1ccc(O)cc1)C(=O)N[C@@H](CCCCN)C(=O)O. The van der Waals surface area contributed by atoms with Crippen LogP contribution in [-0.4, -0.2) is 76.6 Å². The predicted octanol–water partition coefficient (Wildman–Crippen LogP) is 2.21. The van der Waals surface area contributed by atoms with E-state index >= 15 is 0 Å². The van der Waals surface area contributed by atoms with Crippen LogP contribution < -0.4 is 32.7 Å². The largest absolute Gasteiger partial charge is 0.508 e. The van der Waals surface area contributed by atoms with Gasteiger partial charge >= 0.3 is 5.97 Å². The molecule has 0 aliphatic carbocycles. The third kappa shape index (κ3) is 13.6. The number of aliphatic carboxylic acids is 1. The van der Waals surface area contributed by atoms with Crippen LogP contribution in [0.3, 0.4) is 0 Å². The van der Waals surface area contributed by atoms with Crippen molar-refractivity contribution >= 4 is 41.2 Å². The number of rotatable bonds is 20. The van der Waals surface area contributed by atoms with Gasteiger partial charge in [0.05, 0.1) is 6.04 Å². The zero-order valence-electron chi connectivity index (χ0n) is 29.4. The monoisotopic (exact) mass is 736 g/mol. The van der Waals surface area contributed by atoms with Gasteiger partial charge in [0.2, 0.25) is 23.6 Å². The molecule has 0 aliphatic rings. The number of halogens is 1. The number of carboxylic acids is 1. The third-order valence-corrected chi connectivity index (χ3v) is 8.69. The molecule has 4 amide bonds. The van der Waals surface area contributed by atoms with Gasteiger partial charge in [0.1, 0.15) is 29.9 Å². The number of phenols is 1. The second kappa shape index (κ2) is 20.8. The van der Waals surface area contributed by atoms with Crippen molar-refractivity contribution in [3.63, 3.8) is 0 Å². The molecule has 0 fully saturated rings. The van der Waals surface area contributed by atoms with Gasteiger partial charge in [0.25, 0.3) is 0 Å². The van der Waals surface area contributed by atoms with E-state index in [0.29, 0.717) is 35.5 Å². The Morgan fingerprint density at radius 1 is 0.654 bits per heavy atom. The van der Waals surface area contributed by atoms with E-state index in [0.717, 1.165) is 5.56 Å². The Morgan fingerprint density at radius 3 is 1.69 bits per heavy atom. The van der Waals surface area contributed by atoms with Crippen LogP contribution in [0.25, 0.3) is 0 Å². The molecule has 10 N–H and O–H groups in total. The molecule has 5 atom stereocenters. The predicted molar refractivity (Wildman–Crippen MR) is 198 cm³/mol. The molecule has 3 aromatic rings. The molecular formula is C38H49ClN6O7. The lowest BCUT2D eigenvalue weighted by atomic mass is 9.99. The van der Waals surface area contributed by atoms with Crippen molar-refractivity contribution in [2.75, 3.05) is 6.54 Å². The second-order valence-corrected chi connectivity index (χ2v) is 13.5. The van der Waals surface area contributed by atoms with E-state index in [1.807, 2.05) is 30.3 Å². The van der Waals surface area contributed by atoms with Crippen LogP contribution in [0.2, 0.25) is 5.02 Å². The van der Waals surface area contributed by atoms with Gasteiger partial charge in [-0.2, -0.15) is 0 Å². The lowest BCUT2D eigenvalue weighted by Crippen LogP contribution is -2.60. The van der Waals surface area contributed by atoms with Crippen molar-refractivity contribution in [3.8, 4) is 5.75 Å². The van der Waals surface area contributed by atoms with Crippen LogP contribution in [0, 0.1) is 5.92 Å². The molecule has 0 radical (unpaired) electrons. The van der Waals surface area contributed by atoms with E-state index in [4.69, 9.17) is 23.1 Å². The van der Waals surface area contributed by atoms with Crippen LogP contribution in [0.5, 0.6) is 5.75 Å². The second-order valence-electron chi connectivity index (χ2n) is 13.0. The van der Waals surface area contributed by atoms with Crippen LogP contribution in [0.1, 0.15) is 49.8 Å². The Kier molecular flexibility index (Phi) is 16.5. The van der Waals surface area contributed by atoms with Gasteiger partial charge in [0, 0.05) is 17.9 Å². The maximum absolute atomic E-state index is 13.9. The highest BCUT2D eigenvalue weighted by molar-refractivity contribution is 6.30. The van der Waals surface area contributed by atoms with Crippen molar-refractivity contribution in [2.45, 2.75) is 82.6 Å². The number of carbonyl (C=O) groups excluding carboxylic acids is 4. The molecule has 0 saturated heterocycles. The number of carbonyl (C=O) groups is 5. The summed E-state index contributed by atoms with van der Waals surface area (Å²) in [6.07, 6.45) is 1.43. The van der Waals surface area contributed by atoms with Crippen molar-refractivity contribution in [1.29, 1.82) is 0 Å². The van der Waals surface area contributed by atoms with Gasteiger partial charge < -0.3 is 42.9 Å². The maximum Gasteiger partial charge on any atom is 0.326 e. The summed E-state index contributed by atoms with van der Waals surface area (Å²) >= 11 is 6.06. The number of benzene rings is 3. The molecule has 0 unspecified atom stereocenters. The van der Waals surface area contributed by atoms with Crippen LogP contribution >= 0.6 is 11.6 Å². The van der Waals surface area contributed by atoms with Crippen molar-refractivity contribution in [2.24, 2.45) is 17.4 Å². The number of carboxylic acid groups (broad SMARTS) is 1. The summed E-state index contributed by atoms with van der Waals surface area (Å²) in [6.45, 7) is 3.78. The van der Waals surface area contributed by atoms with Crippen molar-refractivity contribution in [3.05, 3.63) is 101 Å². The van der Waals surface area contributed by atoms with Crippen LogP contribution in [0.15, 0.2) is 78.9 Å². The number of aromatic hydroxyl groups is 1. The molecule has 0 spiro atoms. The molecule has 280 valence electrons. The van der Waals surface area contributed by atoms with Crippen LogP contribution in [-0.2, 0) is 43.2 Å². The number of hydrogen-bond donors (Lipinski definition) is 8. The standard InChI is InChI=1S/C38H49ClN6O7/c1-23(2)33(37(50)44-31(22-26-13-17-28(46)18-14-26)35(48)42-30(38(51)52)10-6-7-19-40)45-36(49)32(21-25-11-15-27(39)16-12-25)43-34(47)29(41)20-24-8-4-3-5-9-24/h3-5,8-9,11-18,23,29-33,46H,6-7,10,19-22,40-41H2,1-2H3,(H,42,48)(H,43,47)(H,44,50)(H,45,49)(H,51,52)/t29-,30-,31-,32-,33-/m0/s1. The van der Waals surface area contributed by atoms with Gasteiger partial charge in [-0.3, -0.25) is 19.2 Å². The number of amides is 4. The number of unbranched alkanes of at least 4 members (excludes halogenated alkanes) is 1. The fourth-order valence-corrected chi connectivity index (χ4v) is 5.58. The fourth-order valence-electron chi connectivity index (χ4n) is 5.45. The number of hydrogen-bond acceptors (Lipinski definition) is 8. The van der Waals surface area contributed by atoms with Gasteiger partial charge in [0.15, 0.2) is 0 Å². The van der Waals surface area contributed by atoms with Gasteiger partial charge in [-0.25, -0.2) is 4.79 Å². The average Bonchev–Trinajstić information content (AvgIpc) is 3.11. The Balaban J connectivity index is 1.83. The van der Waals surface area contributed by atoms with E-state index in [2.05, 4.69) is 21.3 Å². The molecule has 14 heteroatoms. The number of phenolic OH excluding ortho intramolecular Hbond substituents is 1. The first kappa shape index (κ1) is 41.4. The summed E-state index contributed by atoms with van der Waals surface area (Å²) in [7, 11) is 0. The van der Waals surface area contributed by atoms with Crippen molar-refractivity contribution < 1.29 is 34.2 Å². The lowest BCUT2D eigenvalue weighted by molar-refractivity contribution is -0.142. The van der Waals surface area contributed by atoms with E-state index in [-0.39, 0.29) is 31.4 Å². The molecule has 3 rings (SSSR count).